The summed E-state index contributed by atoms with van der Waals surface area (Å²) in [6.07, 6.45) is 1.76. The van der Waals surface area contributed by atoms with Crippen molar-refractivity contribution in [3.8, 4) is 0 Å². The standard InChI is InChI=1S/C9H9N3S2/c1-2-4-8(5-3-1)6-10-12-9-7-11-14-13-9/h1-5,7,10H,6H2/b12-9+. The van der Waals surface area contributed by atoms with Gasteiger partial charge in [-0.25, -0.2) is 0 Å². The van der Waals surface area contributed by atoms with Crippen LogP contribution in [0.15, 0.2) is 41.6 Å². The van der Waals surface area contributed by atoms with Gasteiger partial charge in [-0.15, -0.1) is 0 Å². The Morgan fingerprint density at radius 3 is 2.86 bits per heavy atom. The van der Waals surface area contributed by atoms with Gasteiger partial charge in [0, 0.05) is 10.5 Å². The van der Waals surface area contributed by atoms with Gasteiger partial charge >= 0.3 is 0 Å². The second-order valence-corrected chi connectivity index (χ2v) is 4.55. The van der Waals surface area contributed by atoms with Gasteiger partial charge in [-0.1, -0.05) is 30.3 Å². The largest absolute Gasteiger partial charge is 0.304 e. The van der Waals surface area contributed by atoms with Crippen molar-refractivity contribution in [3.63, 3.8) is 0 Å². The van der Waals surface area contributed by atoms with Crippen LogP contribution in [0.2, 0.25) is 0 Å². The zero-order valence-corrected chi connectivity index (χ0v) is 9.02. The molecule has 0 aliphatic rings. The van der Waals surface area contributed by atoms with Crippen LogP contribution in [0, 0.1) is 0 Å². The second-order valence-electron chi connectivity index (χ2n) is 2.66. The lowest BCUT2D eigenvalue weighted by molar-refractivity contribution is 0.724. The summed E-state index contributed by atoms with van der Waals surface area (Å²) in [5.41, 5.74) is 4.23. The molecule has 0 atom stereocenters. The van der Waals surface area contributed by atoms with Crippen LogP contribution in [0.3, 0.4) is 0 Å². The third-order valence-electron chi connectivity index (χ3n) is 1.64. The molecule has 72 valence electrons. The summed E-state index contributed by atoms with van der Waals surface area (Å²) in [4.78, 5) is 0. The normalized spacial score (nSPS) is 11.6. The summed E-state index contributed by atoms with van der Waals surface area (Å²) in [7, 11) is 3.00. The van der Waals surface area contributed by atoms with Crippen LogP contribution in [0.25, 0.3) is 0 Å². The van der Waals surface area contributed by atoms with Crippen molar-refractivity contribution in [2.24, 2.45) is 5.10 Å². The number of aromatic nitrogens is 1. The van der Waals surface area contributed by atoms with E-state index in [-0.39, 0.29) is 0 Å². The lowest BCUT2D eigenvalue weighted by atomic mass is 10.2. The minimum atomic E-state index is 0.753. The van der Waals surface area contributed by atoms with Crippen LogP contribution < -0.4 is 10.1 Å². The molecule has 2 rings (SSSR count). The molecule has 0 bridgehead atoms. The highest BCUT2D eigenvalue weighted by atomic mass is 32.9. The summed E-state index contributed by atoms with van der Waals surface area (Å²) < 4.78 is 4.90. The average molecular weight is 223 g/mol. The van der Waals surface area contributed by atoms with Gasteiger partial charge in [-0.3, -0.25) is 0 Å². The smallest absolute Gasteiger partial charge is 0.166 e. The van der Waals surface area contributed by atoms with E-state index in [2.05, 4.69) is 27.0 Å². The topological polar surface area (TPSA) is 37.3 Å². The predicted molar refractivity (Wildman–Crippen MR) is 58.8 cm³/mol. The highest BCUT2D eigenvalue weighted by Crippen LogP contribution is 1.97. The fourth-order valence-corrected chi connectivity index (χ4v) is 2.25. The zero-order chi connectivity index (χ0) is 9.64. The first-order valence-corrected chi connectivity index (χ1v) is 6.27. The maximum absolute atomic E-state index is 4.18. The van der Waals surface area contributed by atoms with Crippen LogP contribution in [-0.2, 0) is 6.54 Å². The minimum absolute atomic E-state index is 0.753. The predicted octanol–water partition coefficient (Wildman–Crippen LogP) is 1.81. The quantitative estimate of drug-likeness (QED) is 0.636. The second kappa shape index (κ2) is 4.88. The van der Waals surface area contributed by atoms with Gasteiger partial charge in [0.15, 0.2) is 4.67 Å². The van der Waals surface area contributed by atoms with Crippen molar-refractivity contribution < 1.29 is 0 Å². The Balaban J connectivity index is 1.94. The molecule has 1 N–H and O–H groups in total. The minimum Gasteiger partial charge on any atom is -0.304 e. The molecule has 3 nitrogen and oxygen atoms in total. The van der Waals surface area contributed by atoms with Gasteiger partial charge in [0.1, 0.15) is 0 Å². The molecule has 0 spiro atoms. The molecule has 14 heavy (non-hydrogen) atoms. The first-order valence-electron chi connectivity index (χ1n) is 4.17. The van der Waals surface area contributed by atoms with E-state index in [1.807, 2.05) is 18.2 Å². The van der Waals surface area contributed by atoms with E-state index >= 15 is 0 Å². The van der Waals surface area contributed by atoms with Crippen molar-refractivity contribution in [1.29, 1.82) is 0 Å². The van der Waals surface area contributed by atoms with Crippen molar-refractivity contribution in [2.45, 2.75) is 6.54 Å². The van der Waals surface area contributed by atoms with E-state index in [4.69, 9.17) is 0 Å². The molecule has 0 saturated heterocycles. The Morgan fingerprint density at radius 1 is 1.29 bits per heavy atom. The van der Waals surface area contributed by atoms with E-state index < -0.39 is 0 Å². The van der Waals surface area contributed by atoms with Gasteiger partial charge in [0.05, 0.1) is 12.7 Å². The first-order chi connectivity index (χ1) is 6.95. The molecule has 1 heterocycles. The highest BCUT2D eigenvalue weighted by molar-refractivity contribution is 7.65. The number of rotatable bonds is 3. The molecule has 0 radical (unpaired) electrons. The molecule has 0 amide bonds. The van der Waals surface area contributed by atoms with E-state index in [1.54, 1.807) is 16.5 Å². The Labute approximate surface area is 89.3 Å². The van der Waals surface area contributed by atoms with Crippen LogP contribution in [0.5, 0.6) is 0 Å². The molecular weight excluding hydrogens is 214 g/mol. The molecule has 0 saturated carbocycles. The summed E-state index contributed by atoms with van der Waals surface area (Å²) in [6, 6.07) is 10.2. The summed E-state index contributed by atoms with van der Waals surface area (Å²) in [5, 5.41) is 4.18. The summed E-state index contributed by atoms with van der Waals surface area (Å²) in [5.74, 6) is 0. The van der Waals surface area contributed by atoms with E-state index in [1.165, 1.54) is 16.1 Å². The number of hydrogen-bond donors (Lipinski definition) is 1. The van der Waals surface area contributed by atoms with Gasteiger partial charge in [0.2, 0.25) is 0 Å². The molecule has 5 heteroatoms. The van der Waals surface area contributed by atoms with Crippen molar-refractivity contribution >= 4 is 20.9 Å². The summed E-state index contributed by atoms with van der Waals surface area (Å²) >= 11 is 0. The third kappa shape index (κ3) is 2.65. The van der Waals surface area contributed by atoms with Crippen LogP contribution in [0.4, 0.5) is 0 Å². The van der Waals surface area contributed by atoms with Gasteiger partial charge in [0.25, 0.3) is 0 Å². The first kappa shape index (κ1) is 9.36. The number of hydrogen-bond acceptors (Lipinski definition) is 5. The Morgan fingerprint density at radius 2 is 2.14 bits per heavy atom. The number of nitrogens with zero attached hydrogens (tertiary/aromatic N) is 2. The molecule has 0 fully saturated rings. The molecule has 0 unspecified atom stereocenters. The Kier molecular flexibility index (Phi) is 3.26. The van der Waals surface area contributed by atoms with Crippen molar-refractivity contribution in [1.82, 2.24) is 9.80 Å². The van der Waals surface area contributed by atoms with Gasteiger partial charge in [-0.2, -0.15) is 9.47 Å². The monoisotopic (exact) mass is 223 g/mol. The third-order valence-corrected chi connectivity index (χ3v) is 3.27. The van der Waals surface area contributed by atoms with Crippen LogP contribution in [0.1, 0.15) is 5.56 Å². The van der Waals surface area contributed by atoms with Crippen molar-refractivity contribution in [3.05, 3.63) is 46.8 Å². The number of nitrogens with one attached hydrogen (secondary N) is 1. The SMILES string of the molecule is c1ccc(CN/N=c2\cnss2)cc1. The Hall–Kier alpha value is -1.20. The lowest BCUT2D eigenvalue weighted by Gasteiger charge is -1.98. The summed E-state index contributed by atoms with van der Waals surface area (Å²) in [6.45, 7) is 0.753. The molecule has 1 aromatic carbocycles. The highest BCUT2D eigenvalue weighted by Gasteiger charge is 1.87. The molecular formula is C9H9N3S2. The molecule has 0 aliphatic carbocycles. The average Bonchev–Trinajstić information content (AvgIpc) is 2.72. The fraction of sp³-hybridized carbons (Fsp3) is 0.111. The van der Waals surface area contributed by atoms with Crippen LogP contribution >= 0.6 is 20.9 Å². The van der Waals surface area contributed by atoms with Gasteiger partial charge < -0.3 is 5.43 Å². The Bertz CT molecular complexity index is 416. The fourth-order valence-electron chi connectivity index (χ4n) is 1.000. The van der Waals surface area contributed by atoms with Crippen molar-refractivity contribution in [2.75, 3.05) is 0 Å². The maximum atomic E-state index is 4.18. The van der Waals surface area contributed by atoms with E-state index in [0.717, 1.165) is 11.2 Å². The molecule has 0 aliphatic heterocycles. The zero-order valence-electron chi connectivity index (χ0n) is 7.38. The van der Waals surface area contributed by atoms with E-state index in [0.29, 0.717) is 0 Å². The number of benzene rings is 1. The molecule has 2 aromatic rings. The van der Waals surface area contributed by atoms with Crippen LogP contribution in [-0.4, -0.2) is 4.37 Å². The molecule has 1 aromatic heterocycles. The maximum Gasteiger partial charge on any atom is 0.166 e. The lowest BCUT2D eigenvalue weighted by Crippen LogP contribution is -2.09. The van der Waals surface area contributed by atoms with Gasteiger partial charge in [-0.05, 0) is 15.9 Å². The van der Waals surface area contributed by atoms with E-state index in [9.17, 15) is 0 Å².